The summed E-state index contributed by atoms with van der Waals surface area (Å²) in [6.07, 6.45) is 12.9. The van der Waals surface area contributed by atoms with Gasteiger partial charge in [0.1, 0.15) is 10.0 Å². The van der Waals surface area contributed by atoms with Crippen LogP contribution >= 0.6 is 90.5 Å². The predicted octanol–water partition coefficient (Wildman–Crippen LogP) is 13.1. The minimum absolute atomic E-state index is 0.796. The maximum Gasteiger partial charge on any atom is 0.134 e. The van der Waals surface area contributed by atoms with Gasteiger partial charge >= 0.3 is 0 Å². The van der Waals surface area contributed by atoms with E-state index in [0.29, 0.717) is 0 Å². The van der Waals surface area contributed by atoms with E-state index in [9.17, 15) is 0 Å². The molecule has 1 aromatic carbocycles. The van der Waals surface area contributed by atoms with Crippen LogP contribution < -0.4 is 0 Å². The molecular formula is C32H38I2N2S4. The molecule has 0 aliphatic carbocycles. The van der Waals surface area contributed by atoms with E-state index < -0.39 is 0 Å². The van der Waals surface area contributed by atoms with Crippen molar-refractivity contribution >= 4 is 111 Å². The third kappa shape index (κ3) is 6.98. The number of aromatic nitrogens is 2. The lowest BCUT2D eigenvalue weighted by Gasteiger charge is -2.12. The monoisotopic (exact) mass is 832 g/mol. The summed E-state index contributed by atoms with van der Waals surface area (Å²) in [7, 11) is 0. The Morgan fingerprint density at radius 3 is 1.43 bits per heavy atom. The van der Waals surface area contributed by atoms with Gasteiger partial charge in [-0.3, -0.25) is 0 Å². The van der Waals surface area contributed by atoms with E-state index in [-0.39, 0.29) is 0 Å². The lowest BCUT2D eigenvalue weighted by molar-refractivity contribution is 0.452. The third-order valence-corrected chi connectivity index (χ3v) is 15.4. The van der Waals surface area contributed by atoms with Crippen molar-refractivity contribution in [2.45, 2.75) is 91.9 Å². The molecule has 4 aromatic heterocycles. The van der Waals surface area contributed by atoms with Crippen LogP contribution in [0.1, 0.15) is 88.8 Å². The van der Waals surface area contributed by atoms with E-state index in [1.54, 1.807) is 0 Å². The number of thiophene rings is 2. The number of thiazole rings is 2. The maximum absolute atomic E-state index is 5.21. The largest absolute Gasteiger partial charge is 0.234 e. The van der Waals surface area contributed by atoms with Gasteiger partial charge in [-0.05, 0) is 94.1 Å². The van der Waals surface area contributed by atoms with E-state index in [2.05, 4.69) is 97.1 Å². The summed E-state index contributed by atoms with van der Waals surface area (Å²) < 4.78 is 5.06. The molecule has 2 unspecified atom stereocenters. The Morgan fingerprint density at radius 1 is 0.625 bits per heavy atom. The average molecular weight is 833 g/mol. The van der Waals surface area contributed by atoms with Crippen LogP contribution in [-0.2, 0) is 12.8 Å². The summed E-state index contributed by atoms with van der Waals surface area (Å²) >= 11 is 12.6. The Morgan fingerprint density at radius 2 is 1.05 bits per heavy atom. The van der Waals surface area contributed by atoms with Gasteiger partial charge in [-0.1, -0.05) is 79.1 Å². The molecule has 0 fully saturated rings. The van der Waals surface area contributed by atoms with Gasteiger partial charge in [-0.15, -0.1) is 45.3 Å². The fraction of sp³-hybridized carbons (Fsp3) is 0.500. The molecule has 214 valence electrons. The molecule has 40 heavy (non-hydrogen) atoms. The summed E-state index contributed by atoms with van der Waals surface area (Å²) in [6, 6.07) is 9.26. The van der Waals surface area contributed by atoms with Crippen molar-refractivity contribution in [3.05, 3.63) is 41.2 Å². The molecule has 5 rings (SSSR count). The van der Waals surface area contributed by atoms with Gasteiger partial charge in [0.2, 0.25) is 0 Å². The highest BCUT2D eigenvalue weighted by Crippen LogP contribution is 2.45. The maximum atomic E-state index is 5.21. The second-order valence-electron chi connectivity index (χ2n) is 10.8. The third-order valence-electron chi connectivity index (χ3n) is 7.88. The number of halogens is 2. The zero-order valence-corrected chi connectivity index (χ0v) is 31.4. The van der Waals surface area contributed by atoms with Crippen LogP contribution in [0.3, 0.4) is 0 Å². The number of benzene rings is 1. The predicted molar refractivity (Wildman–Crippen MR) is 199 cm³/mol. The molecule has 0 spiro atoms. The first-order chi connectivity index (χ1) is 19.4. The van der Waals surface area contributed by atoms with Crippen molar-refractivity contribution in [2.24, 2.45) is 11.8 Å². The summed E-state index contributed by atoms with van der Waals surface area (Å²) in [4.78, 5) is 16.0. The molecule has 4 heterocycles. The quantitative estimate of drug-likeness (QED) is 0.104. The number of nitrogens with zero attached hydrogens (tertiary/aromatic N) is 2. The Kier molecular flexibility index (Phi) is 11.4. The van der Waals surface area contributed by atoms with Crippen LogP contribution in [0.15, 0.2) is 24.3 Å². The minimum atomic E-state index is 0.796. The van der Waals surface area contributed by atoms with Crippen molar-refractivity contribution in [3.8, 4) is 19.8 Å². The molecule has 0 radical (unpaired) electrons. The van der Waals surface area contributed by atoms with Crippen molar-refractivity contribution in [1.82, 2.24) is 9.97 Å². The topological polar surface area (TPSA) is 25.8 Å². The standard InChI is InChI=1S/C32H38I2N2S4/c1-5-9-11-19(7-3)17-21-13-15-23(37-21)31-35-27-25(33)30-28(26(34)29(27)39-31)36-32(40-30)24-16-14-22(38-24)18-20(8-4)12-10-6-2/h13-16,19-20H,5-12,17-18H2,1-4H3. The fourth-order valence-electron chi connectivity index (χ4n) is 5.32. The van der Waals surface area contributed by atoms with Gasteiger partial charge < -0.3 is 0 Å². The summed E-state index contributed by atoms with van der Waals surface area (Å²) in [5, 5.41) is 2.30. The van der Waals surface area contributed by atoms with Crippen molar-refractivity contribution in [3.63, 3.8) is 0 Å². The second kappa shape index (κ2) is 14.6. The normalized spacial score (nSPS) is 13.6. The number of fused-ring (bicyclic) bond motifs is 2. The molecule has 0 saturated heterocycles. The van der Waals surface area contributed by atoms with Crippen molar-refractivity contribution in [1.29, 1.82) is 0 Å². The van der Waals surface area contributed by atoms with Crippen LogP contribution in [0.25, 0.3) is 40.2 Å². The van der Waals surface area contributed by atoms with E-state index in [1.807, 2.05) is 45.3 Å². The Balaban J connectivity index is 1.40. The SMILES string of the molecule is CCCCC(CC)Cc1ccc(-c2nc3c(I)c4sc(-c5ccc(CC(CC)CCCC)s5)nc4c(I)c3s2)s1. The molecular weight excluding hydrogens is 794 g/mol. The summed E-state index contributed by atoms with van der Waals surface area (Å²) in [5.74, 6) is 1.59. The Hall–Kier alpha value is -0.140. The van der Waals surface area contributed by atoms with E-state index in [4.69, 9.17) is 9.97 Å². The van der Waals surface area contributed by atoms with E-state index in [0.717, 1.165) is 32.9 Å². The van der Waals surface area contributed by atoms with Gasteiger partial charge in [0.05, 0.1) is 37.3 Å². The molecule has 0 amide bonds. The Labute approximate surface area is 282 Å². The molecule has 0 aliphatic heterocycles. The van der Waals surface area contributed by atoms with Crippen LogP contribution in [-0.4, -0.2) is 9.97 Å². The van der Waals surface area contributed by atoms with Gasteiger partial charge in [0.25, 0.3) is 0 Å². The van der Waals surface area contributed by atoms with Crippen LogP contribution in [0.4, 0.5) is 0 Å². The highest BCUT2D eigenvalue weighted by atomic mass is 127. The van der Waals surface area contributed by atoms with Gasteiger partial charge in [0.15, 0.2) is 0 Å². The van der Waals surface area contributed by atoms with Gasteiger partial charge in [0, 0.05) is 9.75 Å². The summed E-state index contributed by atoms with van der Waals surface area (Å²) in [6.45, 7) is 9.26. The first kappa shape index (κ1) is 31.3. The zero-order valence-electron chi connectivity index (χ0n) is 23.8. The van der Waals surface area contributed by atoms with Gasteiger partial charge in [-0.25, -0.2) is 9.97 Å². The molecule has 2 atom stereocenters. The Bertz CT molecular complexity index is 1390. The molecule has 0 saturated carbocycles. The van der Waals surface area contributed by atoms with Gasteiger partial charge in [-0.2, -0.15) is 0 Å². The number of hydrogen-bond acceptors (Lipinski definition) is 6. The highest BCUT2D eigenvalue weighted by Gasteiger charge is 2.22. The fourth-order valence-corrected chi connectivity index (χ4v) is 12.0. The lowest BCUT2D eigenvalue weighted by Crippen LogP contribution is -2.01. The number of rotatable bonds is 14. The lowest BCUT2D eigenvalue weighted by atomic mass is 9.95. The zero-order chi connectivity index (χ0) is 28.2. The molecule has 0 bridgehead atoms. The van der Waals surface area contributed by atoms with Crippen LogP contribution in [0, 0.1) is 19.0 Å². The highest BCUT2D eigenvalue weighted by molar-refractivity contribution is 14.1. The molecule has 2 nitrogen and oxygen atoms in total. The van der Waals surface area contributed by atoms with Crippen LogP contribution in [0.5, 0.6) is 0 Å². The molecule has 5 aromatic rings. The first-order valence-electron chi connectivity index (χ1n) is 14.7. The first-order valence-corrected chi connectivity index (χ1v) is 20.1. The van der Waals surface area contributed by atoms with Crippen LogP contribution in [0.2, 0.25) is 0 Å². The second-order valence-corrected chi connectivity index (χ2v) is 17.3. The van der Waals surface area contributed by atoms with E-state index >= 15 is 0 Å². The minimum Gasteiger partial charge on any atom is -0.234 e. The number of hydrogen-bond donors (Lipinski definition) is 0. The smallest absolute Gasteiger partial charge is 0.134 e. The van der Waals surface area contributed by atoms with Crippen molar-refractivity contribution in [2.75, 3.05) is 0 Å². The molecule has 0 aliphatic rings. The number of unbranched alkanes of at least 4 members (excludes halogenated alkanes) is 2. The molecule has 0 N–H and O–H groups in total. The van der Waals surface area contributed by atoms with Crippen molar-refractivity contribution < 1.29 is 0 Å². The summed E-state index contributed by atoms with van der Waals surface area (Å²) in [5.41, 5.74) is 2.29. The molecule has 8 heteroatoms. The average Bonchev–Trinajstić information content (AvgIpc) is 3.77. The van der Waals surface area contributed by atoms with E-state index in [1.165, 1.54) is 100 Å².